The lowest BCUT2D eigenvalue weighted by Crippen LogP contribution is -2.64. The van der Waals surface area contributed by atoms with Gasteiger partial charge in [-0.25, -0.2) is 0 Å². The van der Waals surface area contributed by atoms with Crippen molar-refractivity contribution in [1.82, 2.24) is 9.80 Å². The number of piperidine rings is 1. The van der Waals surface area contributed by atoms with Gasteiger partial charge in [-0.2, -0.15) is 0 Å². The van der Waals surface area contributed by atoms with Crippen molar-refractivity contribution >= 4 is 11.5 Å². The van der Waals surface area contributed by atoms with Gasteiger partial charge in [0.2, 0.25) is 0 Å². The minimum absolute atomic E-state index is 0.0730. The summed E-state index contributed by atoms with van der Waals surface area (Å²) < 4.78 is 0. The molecule has 0 radical (unpaired) electrons. The van der Waals surface area contributed by atoms with Crippen molar-refractivity contribution in [3.8, 4) is 0 Å². The third-order valence-electron chi connectivity index (χ3n) is 8.52. The molecule has 4 atom stereocenters. The van der Waals surface area contributed by atoms with E-state index in [4.69, 9.17) is 0 Å². The number of likely N-dealkylation sites (N-methyl/N-ethyl adjacent to an activating group) is 1. The molecular formula is C24H35N3O. The molecule has 4 aliphatic rings. The Bertz CT molecular complexity index is 780. The quantitative estimate of drug-likeness (QED) is 0.803. The molecule has 0 amide bonds. The van der Waals surface area contributed by atoms with Crippen LogP contribution in [0.2, 0.25) is 0 Å². The lowest BCUT2D eigenvalue weighted by atomic mass is 9.54. The maximum absolute atomic E-state index is 13.6. The van der Waals surface area contributed by atoms with Crippen molar-refractivity contribution in [2.24, 2.45) is 17.8 Å². The first-order valence-electron chi connectivity index (χ1n) is 11.3. The molecule has 2 aliphatic carbocycles. The van der Waals surface area contributed by atoms with Gasteiger partial charge in [0.15, 0.2) is 5.78 Å². The van der Waals surface area contributed by atoms with Crippen molar-refractivity contribution in [3.05, 3.63) is 29.3 Å². The average Bonchev–Trinajstić information content (AvgIpc) is 3.49. The van der Waals surface area contributed by atoms with Crippen molar-refractivity contribution in [2.45, 2.75) is 45.1 Å². The molecule has 152 valence electrons. The van der Waals surface area contributed by atoms with Gasteiger partial charge in [0, 0.05) is 55.9 Å². The van der Waals surface area contributed by atoms with E-state index in [-0.39, 0.29) is 11.5 Å². The van der Waals surface area contributed by atoms with Gasteiger partial charge in [-0.3, -0.25) is 9.69 Å². The van der Waals surface area contributed by atoms with Gasteiger partial charge in [0.25, 0.3) is 0 Å². The van der Waals surface area contributed by atoms with E-state index in [1.165, 1.54) is 24.1 Å². The second kappa shape index (κ2) is 6.56. The number of carbonyl (C=O) groups excluding carboxylic acids is 1. The third kappa shape index (κ3) is 2.75. The minimum Gasteiger partial charge on any atom is -0.369 e. The normalized spacial score (nSPS) is 36.5. The van der Waals surface area contributed by atoms with Crippen LogP contribution in [-0.4, -0.2) is 67.9 Å². The zero-order chi connectivity index (χ0) is 19.6. The van der Waals surface area contributed by atoms with Crippen LogP contribution in [0.4, 0.5) is 5.69 Å². The predicted molar refractivity (Wildman–Crippen MR) is 114 cm³/mol. The number of benzene rings is 1. The number of hydrogen-bond donors (Lipinski definition) is 0. The van der Waals surface area contributed by atoms with Gasteiger partial charge in [0.1, 0.15) is 0 Å². The Balaban J connectivity index is 1.53. The number of likely N-dealkylation sites (tertiary alicyclic amines) is 1. The summed E-state index contributed by atoms with van der Waals surface area (Å²) >= 11 is 0. The first-order valence-corrected chi connectivity index (χ1v) is 11.3. The van der Waals surface area contributed by atoms with Crippen LogP contribution in [0.25, 0.3) is 0 Å². The highest BCUT2D eigenvalue weighted by Crippen LogP contribution is 2.52. The fourth-order valence-corrected chi connectivity index (χ4v) is 6.09. The molecule has 2 heterocycles. The molecule has 4 nitrogen and oxygen atoms in total. The first-order chi connectivity index (χ1) is 13.4. The Morgan fingerprint density at radius 3 is 2.50 bits per heavy atom. The summed E-state index contributed by atoms with van der Waals surface area (Å²) in [6.45, 7) is 13.7. The smallest absolute Gasteiger partial charge is 0.180 e. The summed E-state index contributed by atoms with van der Waals surface area (Å²) in [5, 5.41) is 0. The molecule has 1 saturated carbocycles. The summed E-state index contributed by atoms with van der Waals surface area (Å²) in [6.07, 6.45) is 2.70. The number of nitrogens with zero attached hydrogens (tertiary/aromatic N) is 3. The molecule has 2 aliphatic heterocycles. The Kier molecular flexibility index (Phi) is 4.37. The highest BCUT2D eigenvalue weighted by molar-refractivity contribution is 6.04. The van der Waals surface area contributed by atoms with E-state index in [1.807, 2.05) is 0 Å². The van der Waals surface area contributed by atoms with E-state index in [0.29, 0.717) is 17.6 Å². The molecule has 5 rings (SSSR count). The largest absolute Gasteiger partial charge is 0.369 e. The van der Waals surface area contributed by atoms with Gasteiger partial charge in [-0.1, -0.05) is 20.8 Å². The van der Waals surface area contributed by atoms with Gasteiger partial charge < -0.3 is 9.80 Å². The zero-order valence-corrected chi connectivity index (χ0v) is 17.9. The maximum Gasteiger partial charge on any atom is 0.180 e. The number of anilines is 1. The van der Waals surface area contributed by atoms with Crippen LogP contribution in [0.3, 0.4) is 0 Å². The molecule has 0 spiro atoms. The molecule has 2 saturated heterocycles. The number of rotatable bonds is 3. The number of piperazine rings is 1. The fraction of sp³-hybridized carbons (Fsp3) is 0.708. The van der Waals surface area contributed by atoms with Crippen molar-refractivity contribution in [1.29, 1.82) is 0 Å². The van der Waals surface area contributed by atoms with Crippen molar-refractivity contribution in [2.75, 3.05) is 51.2 Å². The summed E-state index contributed by atoms with van der Waals surface area (Å²) in [6, 6.07) is 6.80. The number of Topliss-reactive ketones (excluding diaryl/α,β-unsaturated/α-hetero) is 1. The van der Waals surface area contributed by atoms with Crippen LogP contribution in [0, 0.1) is 17.8 Å². The predicted octanol–water partition coefficient (Wildman–Crippen LogP) is 3.26. The lowest BCUT2D eigenvalue weighted by Gasteiger charge is -2.57. The van der Waals surface area contributed by atoms with E-state index in [2.05, 4.69) is 60.7 Å². The molecule has 2 bridgehead atoms. The molecule has 3 fully saturated rings. The highest BCUT2D eigenvalue weighted by Gasteiger charge is 2.56. The topological polar surface area (TPSA) is 26.8 Å². The molecular weight excluding hydrogens is 346 g/mol. The summed E-state index contributed by atoms with van der Waals surface area (Å²) in [5.74, 6) is 2.14. The van der Waals surface area contributed by atoms with E-state index >= 15 is 0 Å². The van der Waals surface area contributed by atoms with Crippen molar-refractivity contribution in [3.63, 3.8) is 0 Å². The number of fused-ring (bicyclic) bond motifs is 4. The van der Waals surface area contributed by atoms with Gasteiger partial charge in [-0.15, -0.1) is 0 Å². The number of ketones is 1. The SMILES string of the molecule is CC1CN(CC2CC2)[C@@H]2C(=O)c3ccc(N4CCN(C)CC4)cc3[C@]1(C)[C@H]2C. The van der Waals surface area contributed by atoms with E-state index in [1.54, 1.807) is 0 Å². The average molecular weight is 382 g/mol. The monoisotopic (exact) mass is 381 g/mol. The van der Waals surface area contributed by atoms with Gasteiger partial charge in [0.05, 0.1) is 6.04 Å². The second-order valence-corrected chi connectivity index (χ2v) is 10.2. The van der Waals surface area contributed by atoms with Crippen LogP contribution in [0.15, 0.2) is 18.2 Å². The molecule has 1 aromatic carbocycles. The molecule has 0 aromatic heterocycles. The zero-order valence-electron chi connectivity index (χ0n) is 17.9. The standard InChI is InChI=1S/C24H35N3O/c1-16-14-27(15-18-5-6-18)22-17(2)24(16,3)21-13-19(7-8-20(21)23(22)28)26-11-9-25(4)10-12-26/h7-8,13,16-18,22H,5-6,9-12,14-15H2,1-4H3/t16?,17-,22-,24-/m0/s1. The molecule has 0 N–H and O–H groups in total. The summed E-state index contributed by atoms with van der Waals surface area (Å²) in [7, 11) is 2.20. The summed E-state index contributed by atoms with van der Waals surface area (Å²) in [4.78, 5) is 21.0. The van der Waals surface area contributed by atoms with Crippen LogP contribution in [0.5, 0.6) is 0 Å². The van der Waals surface area contributed by atoms with Crippen LogP contribution in [0.1, 0.15) is 49.5 Å². The summed E-state index contributed by atoms with van der Waals surface area (Å²) in [5.41, 5.74) is 3.70. The maximum atomic E-state index is 13.6. The highest BCUT2D eigenvalue weighted by atomic mass is 16.1. The van der Waals surface area contributed by atoms with Crippen LogP contribution >= 0.6 is 0 Å². The fourth-order valence-electron chi connectivity index (χ4n) is 6.09. The Morgan fingerprint density at radius 2 is 1.82 bits per heavy atom. The van der Waals surface area contributed by atoms with Crippen LogP contribution in [-0.2, 0) is 5.41 Å². The Morgan fingerprint density at radius 1 is 1.11 bits per heavy atom. The molecule has 1 unspecified atom stereocenters. The molecule has 28 heavy (non-hydrogen) atoms. The van der Waals surface area contributed by atoms with Gasteiger partial charge in [-0.05, 0) is 61.4 Å². The van der Waals surface area contributed by atoms with E-state index in [9.17, 15) is 4.79 Å². The minimum atomic E-state index is 0.0730. The lowest BCUT2D eigenvalue weighted by molar-refractivity contribution is -0.00220. The number of carbonyl (C=O) groups is 1. The van der Waals surface area contributed by atoms with Gasteiger partial charge >= 0.3 is 0 Å². The Labute approximate surface area is 169 Å². The molecule has 4 heteroatoms. The van der Waals surface area contributed by atoms with E-state index < -0.39 is 0 Å². The van der Waals surface area contributed by atoms with Crippen LogP contribution < -0.4 is 4.90 Å². The van der Waals surface area contributed by atoms with E-state index in [0.717, 1.165) is 50.7 Å². The van der Waals surface area contributed by atoms with Crippen molar-refractivity contribution < 1.29 is 4.79 Å². The first kappa shape index (κ1) is 18.6. The third-order valence-corrected chi connectivity index (χ3v) is 8.52. The second-order valence-electron chi connectivity index (χ2n) is 10.2. The Hall–Kier alpha value is -1.39. The molecule has 1 aromatic rings. The number of hydrogen-bond acceptors (Lipinski definition) is 4.